The van der Waals surface area contributed by atoms with E-state index in [2.05, 4.69) is 20.8 Å². The summed E-state index contributed by atoms with van der Waals surface area (Å²) in [5, 5.41) is 0. The van der Waals surface area contributed by atoms with Crippen LogP contribution < -0.4 is 0 Å². The van der Waals surface area contributed by atoms with Crippen LogP contribution in [0.4, 0.5) is 0 Å². The number of rotatable bonds is 1. The van der Waals surface area contributed by atoms with E-state index in [-0.39, 0.29) is 17.1 Å². The molecule has 0 atom stereocenters. The van der Waals surface area contributed by atoms with E-state index in [1.807, 2.05) is 27.7 Å². The van der Waals surface area contributed by atoms with Crippen LogP contribution in [0.5, 0.6) is 0 Å². The molecule has 0 amide bonds. The van der Waals surface area contributed by atoms with E-state index < -0.39 is 0 Å². The van der Waals surface area contributed by atoms with Gasteiger partial charge in [-0.1, -0.05) is 119 Å². The van der Waals surface area contributed by atoms with Crippen molar-refractivity contribution < 1.29 is 17.1 Å². The SMILES string of the molecule is C1CCCC1.C1CCCC1.CC.CC.CCC(C)C.[Fe]. The van der Waals surface area contributed by atoms with Crippen LogP contribution in [0.2, 0.25) is 0 Å². The Balaban J connectivity index is -0.0000000836. The summed E-state index contributed by atoms with van der Waals surface area (Å²) in [5.74, 6) is 0.884. The van der Waals surface area contributed by atoms with Gasteiger partial charge in [-0.2, -0.15) is 0 Å². The smallest absolute Gasteiger partial charge is 0 e. The normalized spacial score (nSPS) is 15.0. The molecule has 0 radical (unpaired) electrons. The molecular formula is C19H44Fe. The summed E-state index contributed by atoms with van der Waals surface area (Å²) >= 11 is 0. The molecule has 0 aromatic heterocycles. The molecule has 0 bridgehead atoms. The second-order valence-electron chi connectivity index (χ2n) is 5.34. The molecule has 20 heavy (non-hydrogen) atoms. The fourth-order valence-electron chi connectivity index (χ4n) is 1.77. The monoisotopic (exact) mass is 328 g/mol. The minimum atomic E-state index is 0. The minimum Gasteiger partial charge on any atom is -0.0683 e. The van der Waals surface area contributed by atoms with Gasteiger partial charge in [-0.05, 0) is 5.92 Å². The van der Waals surface area contributed by atoms with Crippen molar-refractivity contribution in [3.05, 3.63) is 0 Å². The maximum absolute atomic E-state index is 2.22. The molecule has 128 valence electrons. The van der Waals surface area contributed by atoms with E-state index in [0.29, 0.717) is 0 Å². The van der Waals surface area contributed by atoms with Crippen LogP contribution in [0.25, 0.3) is 0 Å². The van der Waals surface area contributed by atoms with Gasteiger partial charge in [0.15, 0.2) is 0 Å². The first-order valence-electron chi connectivity index (χ1n) is 9.27. The fourth-order valence-corrected chi connectivity index (χ4v) is 1.77. The van der Waals surface area contributed by atoms with Gasteiger partial charge in [0.05, 0.1) is 0 Å². The Morgan fingerprint density at radius 3 is 0.700 bits per heavy atom. The average Bonchev–Trinajstić information content (AvgIpc) is 3.20. The summed E-state index contributed by atoms with van der Waals surface area (Å²) in [7, 11) is 0. The summed E-state index contributed by atoms with van der Waals surface area (Å²) in [6.07, 6.45) is 16.3. The standard InChI is InChI=1S/2C5H10.C5H12.2C2H6.Fe/c2*1-2-4-5-3-1;1-4-5(2)3;2*1-2;/h2*1-5H2;5H,4H2,1-3H3;2*1-2H3;. The van der Waals surface area contributed by atoms with Crippen molar-refractivity contribution in [3.8, 4) is 0 Å². The first-order chi connectivity index (χ1) is 9.27. The van der Waals surface area contributed by atoms with Gasteiger partial charge in [0.25, 0.3) is 0 Å². The third-order valence-corrected chi connectivity index (χ3v) is 3.32. The molecule has 2 fully saturated rings. The van der Waals surface area contributed by atoms with E-state index in [9.17, 15) is 0 Å². The second-order valence-corrected chi connectivity index (χ2v) is 5.34. The summed E-state index contributed by atoms with van der Waals surface area (Å²) in [5.41, 5.74) is 0. The van der Waals surface area contributed by atoms with E-state index >= 15 is 0 Å². The molecule has 2 rings (SSSR count). The molecule has 0 aromatic carbocycles. The van der Waals surface area contributed by atoms with Crippen molar-refractivity contribution in [2.45, 2.75) is 119 Å². The van der Waals surface area contributed by atoms with Gasteiger partial charge in [-0.15, -0.1) is 0 Å². The van der Waals surface area contributed by atoms with Gasteiger partial charge in [-0.25, -0.2) is 0 Å². The molecule has 0 N–H and O–H groups in total. The van der Waals surface area contributed by atoms with Gasteiger partial charge in [0, 0.05) is 17.1 Å². The zero-order valence-electron chi connectivity index (χ0n) is 15.7. The third-order valence-electron chi connectivity index (χ3n) is 3.32. The Bertz CT molecular complexity index is 77.1. The molecule has 0 saturated heterocycles. The molecule has 2 saturated carbocycles. The van der Waals surface area contributed by atoms with Gasteiger partial charge in [0.2, 0.25) is 0 Å². The quantitative estimate of drug-likeness (QED) is 0.428. The van der Waals surface area contributed by atoms with Crippen LogP contribution in [0.1, 0.15) is 119 Å². The molecule has 0 heterocycles. The average molecular weight is 328 g/mol. The maximum atomic E-state index is 2.22. The second kappa shape index (κ2) is 31.8. The molecule has 0 unspecified atom stereocenters. The predicted molar refractivity (Wildman–Crippen MR) is 94.0 cm³/mol. The Hall–Kier alpha value is 0.519. The maximum Gasteiger partial charge on any atom is 0 e. The van der Waals surface area contributed by atoms with Gasteiger partial charge >= 0.3 is 0 Å². The molecular weight excluding hydrogens is 284 g/mol. The van der Waals surface area contributed by atoms with Crippen LogP contribution in [0, 0.1) is 5.92 Å². The van der Waals surface area contributed by atoms with Gasteiger partial charge in [0.1, 0.15) is 0 Å². The minimum absolute atomic E-state index is 0. The van der Waals surface area contributed by atoms with E-state index in [0.717, 1.165) is 5.92 Å². The van der Waals surface area contributed by atoms with Crippen molar-refractivity contribution in [1.29, 1.82) is 0 Å². The molecule has 0 nitrogen and oxygen atoms in total. The summed E-state index contributed by atoms with van der Waals surface area (Å²) in [4.78, 5) is 0. The molecule has 0 aromatic rings. The largest absolute Gasteiger partial charge is 0.0683 e. The Morgan fingerprint density at radius 2 is 0.650 bits per heavy atom. The molecule has 1 heteroatoms. The van der Waals surface area contributed by atoms with Crippen molar-refractivity contribution >= 4 is 0 Å². The fraction of sp³-hybridized carbons (Fsp3) is 1.00. The molecule has 2 aliphatic carbocycles. The third kappa shape index (κ3) is 36.3. The van der Waals surface area contributed by atoms with Crippen molar-refractivity contribution in [2.24, 2.45) is 5.92 Å². The van der Waals surface area contributed by atoms with E-state index in [4.69, 9.17) is 0 Å². The van der Waals surface area contributed by atoms with Crippen LogP contribution in [-0.4, -0.2) is 0 Å². The summed E-state index contributed by atoms with van der Waals surface area (Å²) in [6, 6.07) is 0. The zero-order chi connectivity index (χ0) is 15.4. The summed E-state index contributed by atoms with van der Waals surface area (Å²) in [6.45, 7) is 14.6. The number of hydrogen-bond donors (Lipinski definition) is 0. The van der Waals surface area contributed by atoms with Crippen LogP contribution >= 0.6 is 0 Å². The molecule has 2 aliphatic rings. The van der Waals surface area contributed by atoms with E-state index in [1.165, 1.54) is 70.6 Å². The predicted octanol–water partition coefficient (Wildman–Crippen LogP) is 8.00. The Morgan fingerprint density at radius 1 is 0.550 bits per heavy atom. The Labute approximate surface area is 142 Å². The first kappa shape index (κ1) is 28.6. The summed E-state index contributed by atoms with van der Waals surface area (Å²) < 4.78 is 0. The van der Waals surface area contributed by atoms with Crippen LogP contribution in [0.3, 0.4) is 0 Å². The molecule has 0 aliphatic heterocycles. The van der Waals surface area contributed by atoms with Gasteiger partial charge in [-0.3, -0.25) is 0 Å². The Kier molecular flexibility index (Phi) is 45.5. The topological polar surface area (TPSA) is 0 Å². The van der Waals surface area contributed by atoms with Gasteiger partial charge < -0.3 is 0 Å². The number of hydrogen-bond acceptors (Lipinski definition) is 0. The van der Waals surface area contributed by atoms with Crippen molar-refractivity contribution in [2.75, 3.05) is 0 Å². The zero-order valence-corrected chi connectivity index (χ0v) is 16.8. The van der Waals surface area contributed by atoms with E-state index in [1.54, 1.807) is 0 Å². The van der Waals surface area contributed by atoms with Crippen LogP contribution in [0.15, 0.2) is 0 Å². The molecule has 0 spiro atoms. The van der Waals surface area contributed by atoms with Crippen LogP contribution in [-0.2, 0) is 17.1 Å². The van der Waals surface area contributed by atoms with Crippen molar-refractivity contribution in [3.63, 3.8) is 0 Å². The van der Waals surface area contributed by atoms with Crippen molar-refractivity contribution in [1.82, 2.24) is 0 Å². The first-order valence-corrected chi connectivity index (χ1v) is 9.27.